The fourth-order valence-corrected chi connectivity index (χ4v) is 2.30. The molecule has 0 amide bonds. The molecule has 0 radical (unpaired) electrons. The van der Waals surface area contributed by atoms with E-state index in [1.807, 2.05) is 26.4 Å². The Labute approximate surface area is 99.2 Å². The molecule has 1 unspecified atom stereocenters. The summed E-state index contributed by atoms with van der Waals surface area (Å²) in [5.41, 5.74) is 8.08. The highest BCUT2D eigenvalue weighted by Crippen LogP contribution is 2.12. The fourth-order valence-electron chi connectivity index (χ4n) is 1.66. The summed E-state index contributed by atoms with van der Waals surface area (Å²) in [6.45, 7) is 4.89. The average molecular weight is 236 g/mol. The van der Waals surface area contributed by atoms with E-state index in [-0.39, 0.29) is 6.04 Å². The molecule has 0 aliphatic carbocycles. The molecule has 0 aliphatic heterocycles. The molecular weight excluding hydrogens is 220 g/mol. The van der Waals surface area contributed by atoms with Gasteiger partial charge in [-0.2, -0.15) is 0 Å². The Bertz CT molecular complexity index is 458. The van der Waals surface area contributed by atoms with Gasteiger partial charge in [0.1, 0.15) is 0 Å². The van der Waals surface area contributed by atoms with Crippen LogP contribution in [0.2, 0.25) is 0 Å². The predicted molar refractivity (Wildman–Crippen MR) is 65.4 cm³/mol. The monoisotopic (exact) mass is 236 g/mol. The third-order valence-electron chi connectivity index (χ3n) is 2.49. The van der Waals surface area contributed by atoms with Crippen molar-refractivity contribution in [3.05, 3.63) is 34.3 Å². The van der Waals surface area contributed by atoms with E-state index in [1.54, 1.807) is 11.3 Å². The second-order valence-corrected chi connectivity index (χ2v) is 4.97. The highest BCUT2D eigenvalue weighted by atomic mass is 32.1. The van der Waals surface area contributed by atoms with Gasteiger partial charge in [-0.15, -0.1) is 11.3 Å². The molecular formula is C11H16N4S. The zero-order chi connectivity index (χ0) is 11.5. The van der Waals surface area contributed by atoms with Crippen molar-refractivity contribution in [3.8, 4) is 0 Å². The minimum absolute atomic E-state index is 0.0275. The van der Waals surface area contributed by atoms with E-state index in [0.717, 1.165) is 29.4 Å². The molecule has 0 spiro atoms. The Balaban J connectivity index is 2.02. The summed E-state index contributed by atoms with van der Waals surface area (Å²) in [5, 5.41) is 3.23. The maximum absolute atomic E-state index is 5.86. The number of aromatic nitrogens is 3. The van der Waals surface area contributed by atoms with Crippen LogP contribution >= 0.6 is 11.3 Å². The molecule has 86 valence electrons. The summed E-state index contributed by atoms with van der Waals surface area (Å²) in [7, 11) is 0. The largest absolute Gasteiger partial charge is 0.333 e. The molecule has 0 aliphatic rings. The van der Waals surface area contributed by atoms with E-state index in [1.165, 1.54) is 0 Å². The quantitative estimate of drug-likeness (QED) is 0.882. The molecule has 2 aromatic heterocycles. The van der Waals surface area contributed by atoms with Gasteiger partial charge in [-0.05, 0) is 13.8 Å². The van der Waals surface area contributed by atoms with Crippen LogP contribution in [0.5, 0.6) is 0 Å². The Kier molecular flexibility index (Phi) is 3.36. The molecule has 0 bridgehead atoms. The Morgan fingerprint density at radius 1 is 1.56 bits per heavy atom. The molecule has 2 N–H and O–H groups in total. The van der Waals surface area contributed by atoms with Crippen molar-refractivity contribution >= 4 is 11.3 Å². The summed E-state index contributed by atoms with van der Waals surface area (Å²) >= 11 is 1.69. The van der Waals surface area contributed by atoms with Crippen molar-refractivity contribution in [1.82, 2.24) is 14.5 Å². The summed E-state index contributed by atoms with van der Waals surface area (Å²) < 4.78 is 2.10. The standard InChI is InChI=1S/C11H16N4S/c1-8(12)11-5-13-7-15(11)4-3-10-6-16-9(2)14-10/h5-8H,3-4,12H2,1-2H3. The second-order valence-electron chi connectivity index (χ2n) is 3.91. The van der Waals surface area contributed by atoms with E-state index >= 15 is 0 Å². The molecule has 2 aromatic rings. The minimum atomic E-state index is 0.0275. The third kappa shape index (κ3) is 2.48. The van der Waals surface area contributed by atoms with E-state index in [0.29, 0.717) is 0 Å². The van der Waals surface area contributed by atoms with Crippen molar-refractivity contribution in [2.75, 3.05) is 0 Å². The van der Waals surface area contributed by atoms with E-state index in [4.69, 9.17) is 5.73 Å². The van der Waals surface area contributed by atoms with Crippen LogP contribution in [-0.4, -0.2) is 14.5 Å². The summed E-state index contributed by atoms with van der Waals surface area (Å²) in [6, 6.07) is 0.0275. The van der Waals surface area contributed by atoms with Crippen molar-refractivity contribution in [3.63, 3.8) is 0 Å². The number of thiazole rings is 1. The molecule has 0 saturated heterocycles. The average Bonchev–Trinajstić information content (AvgIpc) is 2.83. The predicted octanol–water partition coefficient (Wildman–Crippen LogP) is 1.91. The van der Waals surface area contributed by atoms with Gasteiger partial charge in [-0.3, -0.25) is 0 Å². The Morgan fingerprint density at radius 2 is 2.38 bits per heavy atom. The molecule has 2 rings (SSSR count). The maximum atomic E-state index is 5.86. The van der Waals surface area contributed by atoms with Crippen molar-refractivity contribution in [2.24, 2.45) is 5.73 Å². The molecule has 1 atom stereocenters. The smallest absolute Gasteiger partial charge is 0.0948 e. The van der Waals surface area contributed by atoms with Crippen molar-refractivity contribution in [1.29, 1.82) is 0 Å². The van der Waals surface area contributed by atoms with Crippen LogP contribution < -0.4 is 5.73 Å². The fraction of sp³-hybridized carbons (Fsp3) is 0.455. The van der Waals surface area contributed by atoms with Gasteiger partial charge in [0.25, 0.3) is 0 Å². The van der Waals surface area contributed by atoms with Crippen LogP contribution in [0.3, 0.4) is 0 Å². The lowest BCUT2D eigenvalue weighted by Gasteiger charge is -2.09. The number of rotatable bonds is 4. The van der Waals surface area contributed by atoms with E-state index < -0.39 is 0 Å². The van der Waals surface area contributed by atoms with Crippen LogP contribution in [-0.2, 0) is 13.0 Å². The summed E-state index contributed by atoms with van der Waals surface area (Å²) in [5.74, 6) is 0. The van der Waals surface area contributed by atoms with Gasteiger partial charge in [0.2, 0.25) is 0 Å². The van der Waals surface area contributed by atoms with Crippen LogP contribution in [0.1, 0.15) is 29.4 Å². The molecule has 4 nitrogen and oxygen atoms in total. The highest BCUT2D eigenvalue weighted by molar-refractivity contribution is 7.09. The van der Waals surface area contributed by atoms with Gasteiger partial charge in [-0.25, -0.2) is 9.97 Å². The summed E-state index contributed by atoms with van der Waals surface area (Å²) in [6.07, 6.45) is 4.59. The van der Waals surface area contributed by atoms with Gasteiger partial charge < -0.3 is 10.3 Å². The lowest BCUT2D eigenvalue weighted by molar-refractivity contribution is 0.619. The van der Waals surface area contributed by atoms with Crippen LogP contribution in [0.4, 0.5) is 0 Å². The first-order valence-electron chi connectivity index (χ1n) is 5.33. The Hall–Kier alpha value is -1.20. The Morgan fingerprint density at radius 3 is 3.00 bits per heavy atom. The lowest BCUT2D eigenvalue weighted by atomic mass is 10.2. The van der Waals surface area contributed by atoms with Crippen LogP contribution in [0, 0.1) is 6.92 Å². The summed E-state index contributed by atoms with van der Waals surface area (Å²) in [4.78, 5) is 8.56. The first-order chi connectivity index (χ1) is 7.66. The minimum Gasteiger partial charge on any atom is -0.333 e. The highest BCUT2D eigenvalue weighted by Gasteiger charge is 2.07. The SMILES string of the molecule is Cc1nc(CCn2cncc2C(C)N)cs1. The molecule has 0 fully saturated rings. The number of aryl methyl sites for hydroxylation is 3. The molecule has 0 saturated carbocycles. The van der Waals surface area contributed by atoms with Gasteiger partial charge >= 0.3 is 0 Å². The topological polar surface area (TPSA) is 56.7 Å². The van der Waals surface area contributed by atoms with Crippen LogP contribution in [0.25, 0.3) is 0 Å². The van der Waals surface area contributed by atoms with Crippen LogP contribution in [0.15, 0.2) is 17.9 Å². The maximum Gasteiger partial charge on any atom is 0.0948 e. The zero-order valence-electron chi connectivity index (χ0n) is 9.55. The molecule has 5 heteroatoms. The van der Waals surface area contributed by atoms with Gasteiger partial charge in [0.05, 0.1) is 22.7 Å². The molecule has 2 heterocycles. The third-order valence-corrected chi connectivity index (χ3v) is 3.31. The normalized spacial score (nSPS) is 12.9. The first-order valence-corrected chi connectivity index (χ1v) is 6.21. The van der Waals surface area contributed by atoms with Gasteiger partial charge in [0.15, 0.2) is 0 Å². The van der Waals surface area contributed by atoms with Gasteiger partial charge in [-0.1, -0.05) is 0 Å². The number of hydrogen-bond donors (Lipinski definition) is 1. The number of nitrogens with two attached hydrogens (primary N) is 1. The number of imidazole rings is 1. The number of nitrogens with zero attached hydrogens (tertiary/aromatic N) is 3. The van der Waals surface area contributed by atoms with Gasteiger partial charge in [0, 0.05) is 30.6 Å². The van der Waals surface area contributed by atoms with E-state index in [2.05, 4.69) is 19.9 Å². The molecule has 0 aromatic carbocycles. The first kappa shape index (κ1) is 11.3. The lowest BCUT2D eigenvalue weighted by Crippen LogP contribution is -2.12. The van der Waals surface area contributed by atoms with Crippen molar-refractivity contribution < 1.29 is 0 Å². The van der Waals surface area contributed by atoms with E-state index in [9.17, 15) is 0 Å². The zero-order valence-corrected chi connectivity index (χ0v) is 10.4. The number of hydrogen-bond acceptors (Lipinski definition) is 4. The second kappa shape index (κ2) is 4.76. The van der Waals surface area contributed by atoms with Crippen molar-refractivity contribution in [2.45, 2.75) is 32.9 Å². The molecule has 16 heavy (non-hydrogen) atoms.